The molecular weight excluding hydrogens is 328 g/mol. The van der Waals surface area contributed by atoms with Crippen molar-refractivity contribution in [3.63, 3.8) is 0 Å². The van der Waals surface area contributed by atoms with Crippen LogP contribution in [0, 0.1) is 0 Å². The van der Waals surface area contributed by atoms with Gasteiger partial charge in [0, 0.05) is 11.4 Å². The fourth-order valence-corrected chi connectivity index (χ4v) is 4.43. The van der Waals surface area contributed by atoms with Crippen LogP contribution in [0.2, 0.25) is 0 Å². The second-order valence-electron chi connectivity index (χ2n) is 6.28. The number of carbonyl (C=O) groups is 1. The summed E-state index contributed by atoms with van der Waals surface area (Å²) in [7, 11) is 0. The van der Waals surface area contributed by atoms with E-state index in [1.165, 1.54) is 10.4 Å². The summed E-state index contributed by atoms with van der Waals surface area (Å²) < 4.78 is 0. The fraction of sp³-hybridized carbons (Fsp3) is 0.190. The molecule has 1 aliphatic rings. The third-order valence-corrected chi connectivity index (χ3v) is 5.79. The van der Waals surface area contributed by atoms with Gasteiger partial charge >= 0.3 is 0 Å². The highest BCUT2D eigenvalue weighted by Crippen LogP contribution is 2.38. The maximum atomic E-state index is 13.2. The number of nitrogens with two attached hydrogens (primary N) is 1. The molecule has 1 aromatic heterocycles. The van der Waals surface area contributed by atoms with Crippen molar-refractivity contribution in [3.8, 4) is 0 Å². The highest BCUT2D eigenvalue weighted by Gasteiger charge is 2.35. The van der Waals surface area contributed by atoms with Gasteiger partial charge in [-0.2, -0.15) is 0 Å². The molecule has 2 N–H and O–H groups in total. The molecule has 1 aliphatic heterocycles. The zero-order valence-corrected chi connectivity index (χ0v) is 14.7. The number of benzene rings is 2. The third kappa shape index (κ3) is 2.99. The highest BCUT2D eigenvalue weighted by atomic mass is 32.1. The molecule has 0 saturated carbocycles. The summed E-state index contributed by atoms with van der Waals surface area (Å²) in [5.74, 6) is -0.0168. The largest absolute Gasteiger partial charge is 0.329 e. The van der Waals surface area contributed by atoms with Gasteiger partial charge in [-0.3, -0.25) is 4.79 Å². The van der Waals surface area contributed by atoms with E-state index in [-0.39, 0.29) is 11.9 Å². The molecule has 0 bridgehead atoms. The van der Waals surface area contributed by atoms with Crippen LogP contribution in [-0.2, 0) is 11.2 Å². The number of hydrogen-bond donors (Lipinski definition) is 1. The first kappa shape index (κ1) is 16.1. The maximum absolute atomic E-state index is 13.2. The first-order valence-electron chi connectivity index (χ1n) is 8.48. The van der Waals surface area contributed by atoms with Gasteiger partial charge in [-0.1, -0.05) is 60.7 Å². The van der Waals surface area contributed by atoms with Gasteiger partial charge in [0.15, 0.2) is 0 Å². The van der Waals surface area contributed by atoms with E-state index >= 15 is 0 Å². The summed E-state index contributed by atoms with van der Waals surface area (Å²) in [5.41, 5.74) is 9.54. The van der Waals surface area contributed by atoms with Crippen LogP contribution in [0.15, 0.2) is 72.1 Å². The highest BCUT2D eigenvalue weighted by molar-refractivity contribution is 7.10. The summed E-state index contributed by atoms with van der Waals surface area (Å²) >= 11 is 1.77. The Balaban J connectivity index is 1.71. The molecule has 2 atom stereocenters. The molecule has 1 unspecified atom stereocenters. The van der Waals surface area contributed by atoms with E-state index < -0.39 is 6.04 Å². The second kappa shape index (κ2) is 6.82. The molecule has 126 valence electrons. The van der Waals surface area contributed by atoms with Crippen LogP contribution < -0.4 is 5.73 Å². The van der Waals surface area contributed by atoms with Crippen molar-refractivity contribution in [1.29, 1.82) is 0 Å². The lowest BCUT2D eigenvalue weighted by Gasteiger charge is -2.37. The van der Waals surface area contributed by atoms with E-state index in [4.69, 9.17) is 5.73 Å². The lowest BCUT2D eigenvalue weighted by atomic mass is 9.92. The molecule has 0 fully saturated rings. The zero-order valence-electron chi connectivity index (χ0n) is 13.8. The van der Waals surface area contributed by atoms with E-state index in [9.17, 15) is 4.79 Å². The van der Waals surface area contributed by atoms with Gasteiger partial charge in [0.25, 0.3) is 0 Å². The molecular formula is C21H20N2OS. The molecule has 4 heteroatoms. The van der Waals surface area contributed by atoms with Crippen LogP contribution >= 0.6 is 11.3 Å². The van der Waals surface area contributed by atoms with E-state index in [1.807, 2.05) is 53.4 Å². The molecule has 25 heavy (non-hydrogen) atoms. The van der Waals surface area contributed by atoms with Crippen molar-refractivity contribution in [1.82, 2.24) is 4.90 Å². The van der Waals surface area contributed by atoms with Gasteiger partial charge in [0.2, 0.25) is 5.91 Å². The molecule has 2 heterocycles. The van der Waals surface area contributed by atoms with Gasteiger partial charge in [-0.25, -0.2) is 0 Å². The Bertz CT molecular complexity index is 860. The Labute approximate surface area is 151 Å². The first-order valence-corrected chi connectivity index (χ1v) is 9.36. The first-order chi connectivity index (χ1) is 12.3. The standard InChI is InChI=1S/C21H20N2OS/c22-19(15-7-3-1-4-8-15)21(24)23-13-11-18-17(12-14-25-18)20(23)16-9-5-2-6-10-16/h1-10,12,14,19-20H,11,13,22H2/t19-,20?/m0/s1. The van der Waals surface area contributed by atoms with Crippen LogP contribution in [0.25, 0.3) is 0 Å². The van der Waals surface area contributed by atoms with Crippen molar-refractivity contribution >= 4 is 17.2 Å². The fourth-order valence-electron chi connectivity index (χ4n) is 3.53. The Kier molecular flexibility index (Phi) is 4.38. The zero-order chi connectivity index (χ0) is 17.2. The van der Waals surface area contributed by atoms with Crippen molar-refractivity contribution < 1.29 is 4.79 Å². The second-order valence-corrected chi connectivity index (χ2v) is 7.28. The molecule has 3 aromatic rings. The van der Waals surface area contributed by atoms with E-state index in [2.05, 4.69) is 23.6 Å². The molecule has 0 saturated heterocycles. The number of nitrogens with zero attached hydrogens (tertiary/aromatic N) is 1. The van der Waals surface area contributed by atoms with Crippen LogP contribution in [0.1, 0.15) is 33.7 Å². The average Bonchev–Trinajstić information content (AvgIpc) is 3.16. The van der Waals surface area contributed by atoms with Crippen LogP contribution in [-0.4, -0.2) is 17.4 Å². The quantitative estimate of drug-likeness (QED) is 0.780. The van der Waals surface area contributed by atoms with Gasteiger partial charge in [0.1, 0.15) is 6.04 Å². The minimum absolute atomic E-state index is 0.0168. The van der Waals surface area contributed by atoms with Crippen molar-refractivity contribution in [2.24, 2.45) is 5.73 Å². The number of hydrogen-bond acceptors (Lipinski definition) is 3. The number of carbonyl (C=O) groups excluding carboxylic acids is 1. The predicted molar refractivity (Wildman–Crippen MR) is 101 cm³/mol. The van der Waals surface area contributed by atoms with Gasteiger partial charge in [0.05, 0.1) is 6.04 Å². The monoisotopic (exact) mass is 348 g/mol. The predicted octanol–water partition coefficient (Wildman–Crippen LogP) is 3.92. The Morgan fingerprint density at radius 2 is 1.72 bits per heavy atom. The summed E-state index contributed by atoms with van der Waals surface area (Å²) in [6.07, 6.45) is 0.892. The molecule has 3 nitrogen and oxygen atoms in total. The Morgan fingerprint density at radius 3 is 2.44 bits per heavy atom. The lowest BCUT2D eigenvalue weighted by Crippen LogP contribution is -2.44. The Morgan fingerprint density at radius 1 is 1.04 bits per heavy atom. The van der Waals surface area contributed by atoms with Crippen LogP contribution in [0.4, 0.5) is 0 Å². The molecule has 4 rings (SSSR count). The summed E-state index contributed by atoms with van der Waals surface area (Å²) in [4.78, 5) is 16.5. The van der Waals surface area contributed by atoms with Crippen molar-refractivity contribution in [2.45, 2.75) is 18.5 Å². The Hall–Kier alpha value is -2.43. The minimum Gasteiger partial charge on any atom is -0.329 e. The van der Waals surface area contributed by atoms with Crippen LogP contribution in [0.5, 0.6) is 0 Å². The summed E-state index contributed by atoms with van der Waals surface area (Å²) in [6, 6.07) is 21.3. The molecule has 0 aliphatic carbocycles. The molecule has 2 aromatic carbocycles. The maximum Gasteiger partial charge on any atom is 0.244 e. The smallest absolute Gasteiger partial charge is 0.244 e. The molecule has 1 amide bonds. The number of thiophene rings is 1. The molecule has 0 radical (unpaired) electrons. The average molecular weight is 348 g/mol. The number of fused-ring (bicyclic) bond motifs is 1. The summed E-state index contributed by atoms with van der Waals surface area (Å²) in [5, 5.41) is 2.12. The number of amides is 1. The SMILES string of the molecule is N[C@H](C(=O)N1CCc2sccc2C1c1ccccc1)c1ccccc1. The van der Waals surface area contributed by atoms with Crippen molar-refractivity contribution in [2.75, 3.05) is 6.54 Å². The van der Waals surface area contributed by atoms with E-state index in [1.54, 1.807) is 11.3 Å². The van der Waals surface area contributed by atoms with Gasteiger partial charge < -0.3 is 10.6 Å². The van der Waals surface area contributed by atoms with E-state index in [0.717, 1.165) is 17.5 Å². The number of rotatable bonds is 3. The topological polar surface area (TPSA) is 46.3 Å². The third-order valence-electron chi connectivity index (χ3n) is 4.79. The normalized spacial score (nSPS) is 17.8. The van der Waals surface area contributed by atoms with Crippen LogP contribution in [0.3, 0.4) is 0 Å². The summed E-state index contributed by atoms with van der Waals surface area (Å²) in [6.45, 7) is 0.701. The van der Waals surface area contributed by atoms with E-state index in [0.29, 0.717) is 6.54 Å². The van der Waals surface area contributed by atoms with Gasteiger partial charge in [-0.05, 0) is 34.6 Å². The molecule has 0 spiro atoms. The van der Waals surface area contributed by atoms with Crippen molar-refractivity contribution in [3.05, 3.63) is 93.7 Å². The lowest BCUT2D eigenvalue weighted by molar-refractivity contribution is -0.134. The minimum atomic E-state index is -0.632. The van der Waals surface area contributed by atoms with Gasteiger partial charge in [-0.15, -0.1) is 11.3 Å².